The third-order valence-corrected chi connectivity index (χ3v) is 4.64. The van der Waals surface area contributed by atoms with Crippen LogP contribution in [-0.4, -0.2) is 10.3 Å². The van der Waals surface area contributed by atoms with Crippen molar-refractivity contribution in [3.63, 3.8) is 0 Å². The molecule has 0 aliphatic heterocycles. The minimum absolute atomic E-state index is 0.448. The zero-order chi connectivity index (χ0) is 13.3. The van der Waals surface area contributed by atoms with E-state index in [1.807, 2.05) is 11.8 Å². The van der Waals surface area contributed by atoms with E-state index in [9.17, 15) is 0 Å². The second-order valence-corrected chi connectivity index (χ2v) is 8.63. The van der Waals surface area contributed by atoms with Crippen molar-refractivity contribution in [1.29, 1.82) is 0 Å². The standard InChI is InChI=1S/C15H31S2/c1-6-7-8-9-14(16)17-11-10-13(2)12-15(3,4)5/h13-14H,6-12H2,1-5H3. The molecule has 17 heavy (non-hydrogen) atoms. The molecular formula is C15H31S2. The molecule has 0 rings (SSSR count). The molecule has 0 spiro atoms. The maximum atomic E-state index is 5.48. The molecule has 2 unspecified atom stereocenters. The topological polar surface area (TPSA) is 0 Å². The Morgan fingerprint density at radius 1 is 1.12 bits per heavy atom. The molecule has 0 N–H and O–H groups in total. The van der Waals surface area contributed by atoms with Gasteiger partial charge in [-0.25, -0.2) is 0 Å². The summed E-state index contributed by atoms with van der Waals surface area (Å²) in [7, 11) is 0. The zero-order valence-corrected chi connectivity index (χ0v) is 14.1. The fourth-order valence-corrected chi connectivity index (χ4v) is 3.78. The van der Waals surface area contributed by atoms with Crippen molar-refractivity contribution in [1.82, 2.24) is 0 Å². The average molecular weight is 276 g/mol. The second-order valence-electron chi connectivity index (χ2n) is 6.45. The molecule has 103 valence electrons. The van der Waals surface area contributed by atoms with Gasteiger partial charge in [-0.3, -0.25) is 0 Å². The Kier molecular flexibility index (Phi) is 10.0. The van der Waals surface area contributed by atoms with Crippen molar-refractivity contribution in [2.75, 3.05) is 5.75 Å². The van der Waals surface area contributed by atoms with Gasteiger partial charge in [0.1, 0.15) is 0 Å². The van der Waals surface area contributed by atoms with Crippen LogP contribution in [0, 0.1) is 11.3 Å². The third kappa shape index (κ3) is 12.9. The van der Waals surface area contributed by atoms with Gasteiger partial charge in [0.05, 0.1) is 4.58 Å². The highest BCUT2D eigenvalue weighted by molar-refractivity contribution is 8.10. The minimum atomic E-state index is 0.448. The highest BCUT2D eigenvalue weighted by atomic mass is 32.2. The van der Waals surface area contributed by atoms with E-state index in [1.54, 1.807) is 0 Å². The van der Waals surface area contributed by atoms with Gasteiger partial charge < -0.3 is 0 Å². The molecule has 0 aromatic rings. The van der Waals surface area contributed by atoms with E-state index in [2.05, 4.69) is 34.6 Å². The van der Waals surface area contributed by atoms with E-state index >= 15 is 0 Å². The van der Waals surface area contributed by atoms with E-state index in [1.165, 1.54) is 44.3 Å². The van der Waals surface area contributed by atoms with Gasteiger partial charge >= 0.3 is 0 Å². The molecular weight excluding hydrogens is 244 g/mol. The molecule has 2 heteroatoms. The van der Waals surface area contributed by atoms with Crippen LogP contribution in [-0.2, 0) is 0 Å². The largest absolute Gasteiger partial charge is 0.147 e. The van der Waals surface area contributed by atoms with E-state index in [-0.39, 0.29) is 0 Å². The Morgan fingerprint density at radius 2 is 1.76 bits per heavy atom. The van der Waals surface area contributed by atoms with Gasteiger partial charge in [-0.05, 0) is 36.3 Å². The maximum absolute atomic E-state index is 5.48. The Bertz CT molecular complexity index is 172. The summed E-state index contributed by atoms with van der Waals surface area (Å²) in [4.78, 5) is 0. The lowest BCUT2D eigenvalue weighted by molar-refractivity contribution is 0.303. The van der Waals surface area contributed by atoms with Crippen LogP contribution in [0.25, 0.3) is 0 Å². The van der Waals surface area contributed by atoms with Crippen molar-refractivity contribution in [2.24, 2.45) is 11.3 Å². The Hall–Kier alpha value is 0.700. The van der Waals surface area contributed by atoms with Crippen LogP contribution in [0.4, 0.5) is 0 Å². The first-order chi connectivity index (χ1) is 7.85. The monoisotopic (exact) mass is 275 g/mol. The average Bonchev–Trinajstić information content (AvgIpc) is 2.15. The van der Waals surface area contributed by atoms with Crippen LogP contribution in [0.15, 0.2) is 0 Å². The van der Waals surface area contributed by atoms with Crippen molar-refractivity contribution in [3.8, 4) is 0 Å². The van der Waals surface area contributed by atoms with Gasteiger partial charge in [-0.1, -0.05) is 66.5 Å². The molecule has 0 aliphatic carbocycles. The lowest BCUT2D eigenvalue weighted by atomic mass is 9.84. The molecule has 1 radical (unpaired) electrons. The van der Waals surface area contributed by atoms with Crippen molar-refractivity contribution < 1.29 is 0 Å². The summed E-state index contributed by atoms with van der Waals surface area (Å²) in [5.41, 5.74) is 0.471. The third-order valence-electron chi connectivity index (χ3n) is 2.92. The lowest BCUT2D eigenvalue weighted by Crippen LogP contribution is -2.11. The normalized spacial score (nSPS) is 15.9. The fourth-order valence-electron chi connectivity index (χ4n) is 2.19. The van der Waals surface area contributed by atoms with E-state index in [0.717, 1.165) is 5.92 Å². The Morgan fingerprint density at radius 3 is 2.29 bits per heavy atom. The van der Waals surface area contributed by atoms with Gasteiger partial charge in [-0.15, -0.1) is 11.8 Å². The zero-order valence-electron chi connectivity index (χ0n) is 12.4. The molecule has 0 heterocycles. The molecule has 0 aromatic heterocycles. The number of hydrogen-bond donors (Lipinski definition) is 0. The summed E-state index contributed by atoms with van der Waals surface area (Å²) in [6, 6.07) is 0. The van der Waals surface area contributed by atoms with Crippen molar-refractivity contribution >= 4 is 24.4 Å². The van der Waals surface area contributed by atoms with Crippen LogP contribution in [0.2, 0.25) is 0 Å². The smallest absolute Gasteiger partial charge is 0.0606 e. The van der Waals surface area contributed by atoms with Gasteiger partial charge in [-0.2, -0.15) is 0 Å². The number of thioether (sulfide) groups is 1. The van der Waals surface area contributed by atoms with Crippen LogP contribution in [0.1, 0.15) is 73.1 Å². The van der Waals surface area contributed by atoms with Crippen molar-refractivity contribution in [2.45, 2.75) is 77.7 Å². The van der Waals surface area contributed by atoms with Crippen molar-refractivity contribution in [3.05, 3.63) is 0 Å². The molecule has 0 saturated heterocycles. The lowest BCUT2D eigenvalue weighted by Gasteiger charge is -2.23. The molecule has 0 aliphatic rings. The Labute approximate surface area is 119 Å². The number of unbranched alkanes of at least 4 members (excludes halogenated alkanes) is 2. The second kappa shape index (κ2) is 9.61. The first-order valence-corrected chi connectivity index (χ1v) is 8.64. The molecule has 0 nitrogen and oxygen atoms in total. The van der Waals surface area contributed by atoms with Crippen LogP contribution in [0.5, 0.6) is 0 Å². The summed E-state index contributed by atoms with van der Waals surface area (Å²) in [5, 5.41) is 0. The van der Waals surface area contributed by atoms with Crippen LogP contribution < -0.4 is 0 Å². The fraction of sp³-hybridized carbons (Fsp3) is 1.00. The molecule has 0 aromatic carbocycles. The minimum Gasteiger partial charge on any atom is -0.147 e. The van der Waals surface area contributed by atoms with Gasteiger partial charge in [0.25, 0.3) is 0 Å². The van der Waals surface area contributed by atoms with Crippen LogP contribution >= 0.6 is 24.4 Å². The summed E-state index contributed by atoms with van der Waals surface area (Å²) in [5.74, 6) is 2.08. The van der Waals surface area contributed by atoms with E-state index in [0.29, 0.717) is 10.00 Å². The van der Waals surface area contributed by atoms with Gasteiger partial charge in [0.2, 0.25) is 0 Å². The van der Waals surface area contributed by atoms with E-state index < -0.39 is 0 Å². The van der Waals surface area contributed by atoms with Crippen LogP contribution in [0.3, 0.4) is 0 Å². The summed E-state index contributed by atoms with van der Waals surface area (Å²) >= 11 is 7.47. The number of hydrogen-bond acceptors (Lipinski definition) is 1. The molecule has 0 bridgehead atoms. The molecule has 0 saturated carbocycles. The Balaban J connectivity index is 3.49. The summed E-state index contributed by atoms with van der Waals surface area (Å²) < 4.78 is 0.448. The van der Waals surface area contributed by atoms with E-state index in [4.69, 9.17) is 12.6 Å². The predicted octanol–water partition coefficient (Wildman–Crippen LogP) is 6.29. The first kappa shape index (κ1) is 17.7. The quantitative estimate of drug-likeness (QED) is 0.446. The highest BCUT2D eigenvalue weighted by Crippen LogP contribution is 2.28. The maximum Gasteiger partial charge on any atom is 0.0606 e. The summed E-state index contributed by atoms with van der Waals surface area (Å²) in [6.45, 7) is 11.6. The summed E-state index contributed by atoms with van der Waals surface area (Å²) in [6.07, 6.45) is 7.83. The highest BCUT2D eigenvalue weighted by Gasteiger charge is 2.15. The van der Waals surface area contributed by atoms with Gasteiger partial charge in [0.15, 0.2) is 0 Å². The molecule has 2 atom stereocenters. The predicted molar refractivity (Wildman–Crippen MR) is 85.8 cm³/mol. The SMILES string of the molecule is CCCCCC([S])SCCC(C)CC(C)(C)C. The first-order valence-electron chi connectivity index (χ1n) is 7.12. The number of rotatable bonds is 9. The van der Waals surface area contributed by atoms with Gasteiger partial charge in [0, 0.05) is 0 Å². The molecule has 0 amide bonds. The molecule has 0 fully saturated rings.